The minimum absolute atomic E-state index is 0.0821. The van der Waals surface area contributed by atoms with E-state index in [4.69, 9.17) is 9.63 Å². The molecule has 0 unspecified atom stereocenters. The molecule has 0 bridgehead atoms. The zero-order valence-corrected chi connectivity index (χ0v) is 13.2. The minimum Gasteiger partial charge on any atom is -0.395 e. The van der Waals surface area contributed by atoms with Gasteiger partial charge < -0.3 is 20.3 Å². The molecule has 0 aliphatic rings. The molecular weight excluding hydrogens is 296 g/mol. The first-order valence-electron chi connectivity index (χ1n) is 7.77. The standard InChI is InChI=1S/C16H22N4O3/c1-2-3-7-14-19-15(23-20-14)11-18-13-6-4-5-12(10-13)16(22)17-8-9-21/h4-6,10,18,21H,2-3,7-9,11H2,1H3,(H,17,22). The predicted molar refractivity (Wildman–Crippen MR) is 86.1 cm³/mol. The number of aliphatic hydroxyl groups excluding tert-OH is 1. The number of hydrogen-bond acceptors (Lipinski definition) is 6. The van der Waals surface area contributed by atoms with Crippen LogP contribution >= 0.6 is 0 Å². The highest BCUT2D eigenvalue weighted by molar-refractivity contribution is 5.95. The van der Waals surface area contributed by atoms with Crippen molar-refractivity contribution in [2.45, 2.75) is 32.7 Å². The lowest BCUT2D eigenvalue weighted by atomic mass is 10.2. The molecule has 1 amide bonds. The van der Waals surface area contributed by atoms with Gasteiger partial charge in [0.15, 0.2) is 5.82 Å². The van der Waals surface area contributed by atoms with Crippen LogP contribution in [-0.4, -0.2) is 34.3 Å². The number of benzene rings is 1. The maximum Gasteiger partial charge on any atom is 0.251 e. The number of aromatic nitrogens is 2. The molecule has 0 saturated heterocycles. The van der Waals surface area contributed by atoms with Gasteiger partial charge in [0.05, 0.1) is 13.2 Å². The first kappa shape index (κ1) is 17.0. The number of anilines is 1. The maximum absolute atomic E-state index is 11.8. The van der Waals surface area contributed by atoms with E-state index in [-0.39, 0.29) is 19.1 Å². The van der Waals surface area contributed by atoms with Gasteiger partial charge in [-0.05, 0) is 24.6 Å². The number of hydrogen-bond donors (Lipinski definition) is 3. The Kier molecular flexibility index (Phi) is 6.56. The number of unbranched alkanes of at least 4 members (excludes halogenated alkanes) is 1. The van der Waals surface area contributed by atoms with Gasteiger partial charge in [-0.15, -0.1) is 0 Å². The van der Waals surface area contributed by atoms with Crippen LogP contribution in [0.15, 0.2) is 28.8 Å². The molecule has 7 heteroatoms. The second-order valence-electron chi connectivity index (χ2n) is 5.12. The Morgan fingerprint density at radius 1 is 1.39 bits per heavy atom. The zero-order chi connectivity index (χ0) is 16.5. The summed E-state index contributed by atoms with van der Waals surface area (Å²) in [6.07, 6.45) is 2.95. The Labute approximate surface area is 135 Å². The first-order valence-corrected chi connectivity index (χ1v) is 7.77. The van der Waals surface area contributed by atoms with Crippen LogP contribution in [-0.2, 0) is 13.0 Å². The fraction of sp³-hybridized carbons (Fsp3) is 0.438. The van der Waals surface area contributed by atoms with Crippen molar-refractivity contribution in [3.05, 3.63) is 41.5 Å². The third-order valence-electron chi connectivity index (χ3n) is 3.23. The van der Waals surface area contributed by atoms with Gasteiger partial charge in [-0.2, -0.15) is 4.98 Å². The lowest BCUT2D eigenvalue weighted by Crippen LogP contribution is -2.26. The van der Waals surface area contributed by atoms with E-state index in [0.29, 0.717) is 18.0 Å². The quantitative estimate of drug-likeness (QED) is 0.651. The summed E-state index contributed by atoms with van der Waals surface area (Å²) < 4.78 is 5.18. The molecule has 0 atom stereocenters. The van der Waals surface area contributed by atoms with Crippen molar-refractivity contribution < 1.29 is 14.4 Å². The van der Waals surface area contributed by atoms with Crippen molar-refractivity contribution in [3.8, 4) is 0 Å². The molecule has 23 heavy (non-hydrogen) atoms. The normalized spacial score (nSPS) is 10.5. The third-order valence-corrected chi connectivity index (χ3v) is 3.23. The zero-order valence-electron chi connectivity index (χ0n) is 13.2. The molecule has 1 aromatic carbocycles. The third kappa shape index (κ3) is 5.37. The Morgan fingerprint density at radius 2 is 2.26 bits per heavy atom. The van der Waals surface area contributed by atoms with Crippen LogP contribution in [0.25, 0.3) is 0 Å². The molecule has 1 aromatic heterocycles. The fourth-order valence-electron chi connectivity index (χ4n) is 2.02. The summed E-state index contributed by atoms with van der Waals surface area (Å²) in [4.78, 5) is 16.2. The van der Waals surface area contributed by atoms with E-state index in [9.17, 15) is 4.79 Å². The number of nitrogens with one attached hydrogen (secondary N) is 2. The van der Waals surface area contributed by atoms with Crippen molar-refractivity contribution in [1.29, 1.82) is 0 Å². The summed E-state index contributed by atoms with van der Waals surface area (Å²) in [5, 5.41) is 18.4. The summed E-state index contributed by atoms with van der Waals surface area (Å²) in [6.45, 7) is 2.67. The second kappa shape index (κ2) is 8.89. The SMILES string of the molecule is CCCCc1noc(CNc2cccc(C(=O)NCCO)c2)n1. The lowest BCUT2D eigenvalue weighted by molar-refractivity contribution is 0.0945. The van der Waals surface area contributed by atoms with E-state index in [1.807, 2.05) is 6.07 Å². The molecule has 0 aliphatic heterocycles. The van der Waals surface area contributed by atoms with Gasteiger partial charge in [-0.3, -0.25) is 4.79 Å². The van der Waals surface area contributed by atoms with Crippen LogP contribution in [0.5, 0.6) is 0 Å². The molecule has 0 saturated carbocycles. The first-order chi connectivity index (χ1) is 11.2. The van der Waals surface area contributed by atoms with Crippen molar-refractivity contribution in [1.82, 2.24) is 15.5 Å². The van der Waals surface area contributed by atoms with E-state index in [1.54, 1.807) is 18.2 Å². The topological polar surface area (TPSA) is 100 Å². The molecule has 2 rings (SSSR count). The summed E-state index contributed by atoms with van der Waals surface area (Å²) in [7, 11) is 0. The highest BCUT2D eigenvalue weighted by atomic mass is 16.5. The molecule has 124 valence electrons. The van der Waals surface area contributed by atoms with Crippen LogP contribution in [0, 0.1) is 0 Å². The number of carbonyl (C=O) groups is 1. The van der Waals surface area contributed by atoms with Gasteiger partial charge in [0.1, 0.15) is 0 Å². The predicted octanol–water partition coefficient (Wildman–Crippen LogP) is 1.75. The summed E-state index contributed by atoms with van der Waals surface area (Å²) in [6, 6.07) is 7.10. The number of rotatable bonds is 9. The van der Waals surface area contributed by atoms with Crippen molar-refractivity contribution in [2.24, 2.45) is 0 Å². The van der Waals surface area contributed by atoms with E-state index in [0.717, 1.165) is 30.8 Å². The second-order valence-corrected chi connectivity index (χ2v) is 5.12. The summed E-state index contributed by atoms with van der Waals surface area (Å²) in [5.74, 6) is 1.02. The molecule has 0 aliphatic carbocycles. The molecule has 7 nitrogen and oxygen atoms in total. The van der Waals surface area contributed by atoms with Crippen molar-refractivity contribution in [3.63, 3.8) is 0 Å². The molecular formula is C16H22N4O3. The Bertz CT molecular complexity index is 627. The summed E-state index contributed by atoms with van der Waals surface area (Å²) >= 11 is 0. The highest BCUT2D eigenvalue weighted by Gasteiger charge is 2.08. The van der Waals surface area contributed by atoms with Gasteiger partial charge in [0.2, 0.25) is 5.89 Å². The van der Waals surface area contributed by atoms with Gasteiger partial charge in [-0.1, -0.05) is 24.6 Å². The highest BCUT2D eigenvalue weighted by Crippen LogP contribution is 2.12. The van der Waals surface area contributed by atoms with Crippen LogP contribution < -0.4 is 10.6 Å². The van der Waals surface area contributed by atoms with E-state index >= 15 is 0 Å². The number of aryl methyl sites for hydroxylation is 1. The molecule has 1 heterocycles. The lowest BCUT2D eigenvalue weighted by Gasteiger charge is -2.07. The van der Waals surface area contributed by atoms with Gasteiger partial charge in [0, 0.05) is 24.2 Å². The van der Waals surface area contributed by atoms with Crippen molar-refractivity contribution >= 4 is 11.6 Å². The Morgan fingerprint density at radius 3 is 3.04 bits per heavy atom. The molecule has 3 N–H and O–H groups in total. The van der Waals surface area contributed by atoms with Crippen molar-refractivity contribution in [2.75, 3.05) is 18.5 Å². The van der Waals surface area contributed by atoms with Gasteiger partial charge in [0.25, 0.3) is 5.91 Å². The number of amides is 1. The minimum atomic E-state index is -0.220. The van der Waals surface area contributed by atoms with E-state index in [1.165, 1.54) is 0 Å². The van der Waals surface area contributed by atoms with E-state index in [2.05, 4.69) is 27.7 Å². The largest absolute Gasteiger partial charge is 0.395 e. The maximum atomic E-state index is 11.8. The van der Waals surface area contributed by atoms with Crippen LogP contribution in [0.1, 0.15) is 41.8 Å². The van der Waals surface area contributed by atoms with Crippen LogP contribution in [0.3, 0.4) is 0 Å². The number of nitrogens with zero attached hydrogens (tertiary/aromatic N) is 2. The number of carbonyl (C=O) groups excluding carboxylic acids is 1. The van der Waals surface area contributed by atoms with Gasteiger partial charge >= 0.3 is 0 Å². The van der Waals surface area contributed by atoms with Crippen LogP contribution in [0.2, 0.25) is 0 Å². The monoisotopic (exact) mass is 318 g/mol. The number of aliphatic hydroxyl groups is 1. The average Bonchev–Trinajstić information content (AvgIpc) is 3.04. The van der Waals surface area contributed by atoms with Crippen LogP contribution in [0.4, 0.5) is 5.69 Å². The summed E-state index contributed by atoms with van der Waals surface area (Å²) in [5.41, 5.74) is 1.31. The average molecular weight is 318 g/mol. The Balaban J connectivity index is 1.90. The molecule has 0 radical (unpaired) electrons. The molecule has 0 spiro atoms. The van der Waals surface area contributed by atoms with E-state index < -0.39 is 0 Å². The Hall–Kier alpha value is -2.41. The molecule has 2 aromatic rings. The molecule has 0 fully saturated rings. The fourth-order valence-corrected chi connectivity index (χ4v) is 2.02. The van der Waals surface area contributed by atoms with Gasteiger partial charge in [-0.25, -0.2) is 0 Å². The smallest absolute Gasteiger partial charge is 0.251 e.